The van der Waals surface area contributed by atoms with Crippen LogP contribution in [0.25, 0.3) is 0 Å². The molecule has 0 unspecified atom stereocenters. The van der Waals surface area contributed by atoms with E-state index >= 15 is 0 Å². The molecule has 1 aromatic rings. The van der Waals surface area contributed by atoms with Crippen LogP contribution >= 0.6 is 31.9 Å². The molecule has 6 heteroatoms. The van der Waals surface area contributed by atoms with Gasteiger partial charge in [-0.05, 0) is 31.9 Å². The first kappa shape index (κ1) is 8.73. The maximum Gasteiger partial charge on any atom is 0.260 e. The summed E-state index contributed by atoms with van der Waals surface area (Å²) < 4.78 is 6.12. The molecule has 0 bridgehead atoms. The van der Waals surface area contributed by atoms with Crippen LogP contribution in [0.2, 0.25) is 0 Å². The third-order valence-corrected chi connectivity index (χ3v) is 2.69. The van der Waals surface area contributed by atoms with E-state index < -0.39 is 4.92 Å². The highest BCUT2D eigenvalue weighted by molar-refractivity contribution is 9.13. The summed E-state index contributed by atoms with van der Waals surface area (Å²) in [5.41, 5.74) is 0. The Labute approximate surface area is 79.0 Å². The van der Waals surface area contributed by atoms with Crippen LogP contribution in [0.5, 0.6) is 0 Å². The fourth-order valence-corrected chi connectivity index (χ4v) is 1.26. The van der Waals surface area contributed by atoms with Crippen LogP contribution < -0.4 is 0 Å². The first-order valence-electron chi connectivity index (χ1n) is 2.65. The number of nitrogens with zero attached hydrogens (tertiary/aromatic N) is 1. The van der Waals surface area contributed by atoms with E-state index in [1.165, 1.54) is 0 Å². The van der Waals surface area contributed by atoms with E-state index in [2.05, 4.69) is 31.9 Å². The summed E-state index contributed by atoms with van der Waals surface area (Å²) in [5, 5.41) is 10.0. The number of hydrogen-bond donors (Lipinski definition) is 0. The van der Waals surface area contributed by atoms with Crippen molar-refractivity contribution >= 4 is 31.9 Å². The maximum atomic E-state index is 10.0. The minimum absolute atomic E-state index is 0.288. The summed E-state index contributed by atoms with van der Waals surface area (Å²) in [6.07, 6.45) is 0. The van der Waals surface area contributed by atoms with Crippen molar-refractivity contribution in [3.63, 3.8) is 0 Å². The maximum absolute atomic E-state index is 10.0. The summed E-state index contributed by atoms with van der Waals surface area (Å²) in [7, 11) is 0. The van der Waals surface area contributed by atoms with E-state index in [9.17, 15) is 10.1 Å². The Bertz CT molecular complexity index is 264. The second-order valence-corrected chi connectivity index (χ2v) is 3.40. The zero-order valence-corrected chi connectivity index (χ0v) is 8.38. The fraction of sp³-hybridized carbons (Fsp3) is 0.200. The van der Waals surface area contributed by atoms with Gasteiger partial charge in [-0.2, -0.15) is 0 Å². The molecule has 0 saturated carbocycles. The van der Waals surface area contributed by atoms with Crippen molar-refractivity contribution in [2.75, 3.05) is 0 Å². The average Bonchev–Trinajstić information content (AvgIpc) is 2.10. The fourth-order valence-electron chi connectivity index (χ4n) is 0.597. The number of halogens is 2. The van der Waals surface area contributed by atoms with Crippen LogP contribution in [-0.2, 0) is 6.54 Å². The monoisotopic (exact) mass is 283 g/mol. The quantitative estimate of drug-likeness (QED) is 0.619. The molecule has 1 rings (SSSR count). The molecular weight excluding hydrogens is 282 g/mol. The Hall–Kier alpha value is -0.360. The second kappa shape index (κ2) is 3.36. The lowest BCUT2D eigenvalue weighted by atomic mass is 10.5. The molecule has 0 radical (unpaired) electrons. The van der Waals surface area contributed by atoms with E-state index in [1.54, 1.807) is 6.07 Å². The number of hydrogen-bond acceptors (Lipinski definition) is 3. The third kappa shape index (κ3) is 2.30. The Balaban J connectivity index is 2.81. The van der Waals surface area contributed by atoms with Gasteiger partial charge in [-0.1, -0.05) is 0 Å². The lowest BCUT2D eigenvalue weighted by Gasteiger charge is -1.85. The summed E-state index contributed by atoms with van der Waals surface area (Å²) in [5.74, 6) is 0.328. The normalized spacial score (nSPS) is 10.0. The van der Waals surface area contributed by atoms with Gasteiger partial charge in [0.1, 0.15) is 0 Å². The van der Waals surface area contributed by atoms with Gasteiger partial charge in [-0.25, -0.2) is 0 Å². The van der Waals surface area contributed by atoms with Gasteiger partial charge < -0.3 is 4.42 Å². The lowest BCUT2D eigenvalue weighted by Crippen LogP contribution is -1.95. The van der Waals surface area contributed by atoms with Crippen molar-refractivity contribution in [2.24, 2.45) is 0 Å². The van der Waals surface area contributed by atoms with E-state index in [0.717, 1.165) is 0 Å². The molecule has 0 saturated heterocycles. The molecule has 0 fully saturated rings. The van der Waals surface area contributed by atoms with Crippen LogP contribution in [0.4, 0.5) is 0 Å². The van der Waals surface area contributed by atoms with Crippen LogP contribution in [0.1, 0.15) is 5.76 Å². The van der Waals surface area contributed by atoms with Gasteiger partial charge in [-0.15, -0.1) is 0 Å². The summed E-state index contributed by atoms with van der Waals surface area (Å²) in [6, 6.07) is 1.56. The van der Waals surface area contributed by atoms with Gasteiger partial charge in [0.15, 0.2) is 10.4 Å². The van der Waals surface area contributed by atoms with Gasteiger partial charge in [0, 0.05) is 11.0 Å². The van der Waals surface area contributed by atoms with Gasteiger partial charge in [-0.3, -0.25) is 10.1 Å². The number of nitro groups is 1. The van der Waals surface area contributed by atoms with E-state index in [4.69, 9.17) is 4.42 Å². The van der Waals surface area contributed by atoms with Crippen molar-refractivity contribution in [1.29, 1.82) is 0 Å². The first-order chi connectivity index (χ1) is 5.09. The van der Waals surface area contributed by atoms with E-state index in [0.29, 0.717) is 14.9 Å². The average molecular weight is 285 g/mol. The molecule has 0 aliphatic rings. The molecule has 1 aromatic heterocycles. The molecular formula is C5H3Br2NO3. The molecule has 0 atom stereocenters. The SMILES string of the molecule is O=[N+]([O-])Cc1cc(Br)c(Br)o1. The molecule has 1 heterocycles. The highest BCUT2D eigenvalue weighted by Gasteiger charge is 2.10. The Morgan fingerprint density at radius 1 is 1.64 bits per heavy atom. The minimum atomic E-state index is -0.447. The molecule has 0 aliphatic heterocycles. The van der Waals surface area contributed by atoms with E-state index in [-0.39, 0.29) is 6.54 Å². The highest BCUT2D eigenvalue weighted by Crippen LogP contribution is 2.26. The zero-order chi connectivity index (χ0) is 8.43. The topological polar surface area (TPSA) is 56.3 Å². The number of furan rings is 1. The molecule has 0 aliphatic carbocycles. The smallest absolute Gasteiger partial charge is 0.260 e. The molecule has 0 amide bonds. The Morgan fingerprint density at radius 2 is 2.27 bits per heavy atom. The van der Waals surface area contributed by atoms with Crippen molar-refractivity contribution in [1.82, 2.24) is 0 Å². The molecule has 4 nitrogen and oxygen atoms in total. The summed E-state index contributed by atoms with van der Waals surface area (Å²) in [6.45, 7) is -0.288. The molecule has 11 heavy (non-hydrogen) atoms. The predicted molar refractivity (Wildman–Crippen MR) is 44.8 cm³/mol. The van der Waals surface area contributed by atoms with Crippen molar-refractivity contribution in [2.45, 2.75) is 6.54 Å². The summed E-state index contributed by atoms with van der Waals surface area (Å²) >= 11 is 6.21. The standard InChI is InChI=1S/C5H3Br2NO3/c6-4-1-3(2-8(9)10)11-5(4)7/h1H,2H2. The summed E-state index contributed by atoms with van der Waals surface area (Å²) in [4.78, 5) is 9.56. The third-order valence-electron chi connectivity index (χ3n) is 0.981. The first-order valence-corrected chi connectivity index (χ1v) is 4.23. The van der Waals surface area contributed by atoms with Gasteiger partial charge in [0.2, 0.25) is 0 Å². The largest absolute Gasteiger partial charge is 0.446 e. The Morgan fingerprint density at radius 3 is 2.64 bits per heavy atom. The lowest BCUT2D eigenvalue weighted by molar-refractivity contribution is -0.499. The van der Waals surface area contributed by atoms with Crippen LogP contribution in [0, 0.1) is 10.1 Å². The molecule has 0 spiro atoms. The minimum Gasteiger partial charge on any atom is -0.446 e. The molecule has 0 aromatic carbocycles. The van der Waals surface area contributed by atoms with Crippen LogP contribution in [-0.4, -0.2) is 4.92 Å². The number of rotatable bonds is 2. The zero-order valence-electron chi connectivity index (χ0n) is 5.21. The van der Waals surface area contributed by atoms with Crippen LogP contribution in [0.15, 0.2) is 19.6 Å². The van der Waals surface area contributed by atoms with Crippen LogP contribution in [0.3, 0.4) is 0 Å². The highest BCUT2D eigenvalue weighted by atomic mass is 79.9. The van der Waals surface area contributed by atoms with E-state index in [1.807, 2.05) is 0 Å². The van der Waals surface area contributed by atoms with Crippen molar-refractivity contribution in [3.8, 4) is 0 Å². The predicted octanol–water partition coefficient (Wildman–Crippen LogP) is 2.58. The van der Waals surface area contributed by atoms with Gasteiger partial charge in [0.25, 0.3) is 6.54 Å². The van der Waals surface area contributed by atoms with Gasteiger partial charge >= 0.3 is 0 Å². The molecule has 0 N–H and O–H groups in total. The van der Waals surface area contributed by atoms with Gasteiger partial charge in [0.05, 0.1) is 4.47 Å². The van der Waals surface area contributed by atoms with Crippen molar-refractivity contribution in [3.05, 3.63) is 31.1 Å². The van der Waals surface area contributed by atoms with Crippen molar-refractivity contribution < 1.29 is 9.34 Å². The second-order valence-electron chi connectivity index (χ2n) is 1.83. The Kier molecular flexibility index (Phi) is 2.67. The molecule has 60 valence electrons.